The Bertz CT molecular complexity index is 104. The number of aliphatic hydroxyl groups is 6. The third-order valence-corrected chi connectivity index (χ3v) is 2.10. The van der Waals surface area contributed by atoms with Gasteiger partial charge in [-0.2, -0.15) is 0 Å². The second kappa shape index (κ2) is 3.25. The first-order valence-electron chi connectivity index (χ1n) is 3.55. The van der Waals surface area contributed by atoms with E-state index >= 15 is 0 Å². The molecule has 0 atom stereocenters. The van der Waals surface area contributed by atoms with Crippen molar-refractivity contribution in [3.05, 3.63) is 0 Å². The molecule has 1 aliphatic rings. The van der Waals surface area contributed by atoms with Crippen LogP contribution in [0.1, 0.15) is 0 Å². The van der Waals surface area contributed by atoms with Gasteiger partial charge in [-0.05, 0) is 0 Å². The molecule has 12 heavy (non-hydrogen) atoms. The van der Waals surface area contributed by atoms with Crippen LogP contribution in [0.25, 0.3) is 0 Å². The molecule has 0 saturated heterocycles. The summed E-state index contributed by atoms with van der Waals surface area (Å²) in [6, 6.07) is 0. The van der Waals surface area contributed by atoms with Crippen molar-refractivity contribution in [2.75, 3.05) is 0 Å². The maximum absolute atomic E-state index is 8.97. The molecule has 1 rings (SSSR count). The van der Waals surface area contributed by atoms with Crippen LogP contribution >= 0.6 is 0 Å². The summed E-state index contributed by atoms with van der Waals surface area (Å²) >= 11 is 0. The SMILES string of the molecule is OC1[C@H](O)[C@@H](O)[C@H](O)[C@H](O)[C@@H]1O. The fraction of sp³-hybridized carbons (Fsp3) is 1.00. The molecule has 0 heterocycles. The van der Waals surface area contributed by atoms with Crippen molar-refractivity contribution >= 4 is 0 Å². The highest BCUT2D eigenvalue weighted by Crippen LogP contribution is 2.20. The maximum Gasteiger partial charge on any atom is 0.111 e. The van der Waals surface area contributed by atoms with Crippen molar-refractivity contribution < 1.29 is 30.6 Å². The van der Waals surface area contributed by atoms with E-state index in [0.29, 0.717) is 0 Å². The molecule has 0 aromatic heterocycles. The fourth-order valence-corrected chi connectivity index (χ4v) is 1.21. The van der Waals surface area contributed by atoms with Crippen LogP contribution in [-0.2, 0) is 0 Å². The molecule has 6 nitrogen and oxygen atoms in total. The molecule has 1 fully saturated rings. The summed E-state index contributed by atoms with van der Waals surface area (Å²) in [5.41, 5.74) is 0. The first-order valence-corrected chi connectivity index (χ1v) is 3.55. The molecule has 0 aliphatic heterocycles. The van der Waals surface area contributed by atoms with Crippen LogP contribution in [0.15, 0.2) is 0 Å². The predicted octanol–water partition coefficient (Wildman–Crippen LogP) is -3.83. The molecule has 1 aliphatic carbocycles. The van der Waals surface area contributed by atoms with Crippen LogP contribution in [0.2, 0.25) is 0 Å². The zero-order valence-corrected chi connectivity index (χ0v) is 6.15. The lowest BCUT2D eigenvalue weighted by Gasteiger charge is -2.39. The van der Waals surface area contributed by atoms with Gasteiger partial charge in [0, 0.05) is 0 Å². The molecule has 0 unspecified atom stereocenters. The molecule has 6 heteroatoms. The molecular formula is C6H12O6. The van der Waals surface area contributed by atoms with Gasteiger partial charge in [0.05, 0.1) is 0 Å². The Morgan fingerprint density at radius 3 is 0.500 bits per heavy atom. The Hall–Kier alpha value is -0.240. The highest BCUT2D eigenvalue weighted by atomic mass is 16.4. The van der Waals surface area contributed by atoms with Gasteiger partial charge < -0.3 is 30.6 Å². The molecule has 0 aromatic rings. The summed E-state index contributed by atoms with van der Waals surface area (Å²) in [5.74, 6) is 0. The third kappa shape index (κ3) is 1.33. The van der Waals surface area contributed by atoms with E-state index < -0.39 is 36.6 Å². The highest BCUT2D eigenvalue weighted by molar-refractivity contribution is 4.98. The smallest absolute Gasteiger partial charge is 0.111 e. The van der Waals surface area contributed by atoms with E-state index in [2.05, 4.69) is 0 Å². The number of rotatable bonds is 0. The van der Waals surface area contributed by atoms with Crippen LogP contribution in [0.4, 0.5) is 0 Å². The molecule has 0 amide bonds. The van der Waals surface area contributed by atoms with E-state index in [4.69, 9.17) is 30.6 Å². The lowest BCUT2D eigenvalue weighted by molar-refractivity contribution is -0.223. The summed E-state index contributed by atoms with van der Waals surface area (Å²) < 4.78 is 0. The third-order valence-electron chi connectivity index (χ3n) is 2.10. The van der Waals surface area contributed by atoms with Gasteiger partial charge in [-0.25, -0.2) is 0 Å². The van der Waals surface area contributed by atoms with Crippen LogP contribution < -0.4 is 0 Å². The number of hydrogen-bond donors (Lipinski definition) is 6. The van der Waals surface area contributed by atoms with Crippen LogP contribution in [0, 0.1) is 0 Å². The van der Waals surface area contributed by atoms with Gasteiger partial charge in [-0.3, -0.25) is 0 Å². The van der Waals surface area contributed by atoms with Gasteiger partial charge in [-0.1, -0.05) is 0 Å². The lowest BCUT2D eigenvalue weighted by atomic mass is 9.85. The van der Waals surface area contributed by atoms with Crippen molar-refractivity contribution in [1.82, 2.24) is 0 Å². The second-order valence-electron chi connectivity index (χ2n) is 2.94. The Morgan fingerprint density at radius 2 is 0.417 bits per heavy atom. The first kappa shape index (κ1) is 9.85. The zero-order valence-electron chi connectivity index (χ0n) is 6.15. The van der Waals surface area contributed by atoms with Crippen LogP contribution in [0.3, 0.4) is 0 Å². The normalized spacial score (nSPS) is 55.5. The van der Waals surface area contributed by atoms with Gasteiger partial charge in [0.15, 0.2) is 0 Å². The summed E-state index contributed by atoms with van der Waals surface area (Å²) in [4.78, 5) is 0. The standard InChI is InChI=1S/C6H12O6/c7-1-2(8)4(10)6(12)5(11)3(1)9/h1-12H/t1-,2-,3-,4+,5-,6?/m0/s1. The van der Waals surface area contributed by atoms with E-state index in [0.717, 1.165) is 0 Å². The van der Waals surface area contributed by atoms with Crippen molar-refractivity contribution in [2.45, 2.75) is 36.6 Å². The lowest BCUT2D eigenvalue weighted by Crippen LogP contribution is -2.63. The largest absolute Gasteiger partial charge is 0.387 e. The van der Waals surface area contributed by atoms with Crippen molar-refractivity contribution in [3.8, 4) is 0 Å². The highest BCUT2D eigenvalue weighted by Gasteiger charge is 2.47. The van der Waals surface area contributed by atoms with Gasteiger partial charge >= 0.3 is 0 Å². The average Bonchev–Trinajstić information content (AvgIpc) is 2.08. The maximum atomic E-state index is 8.97. The topological polar surface area (TPSA) is 121 Å². The summed E-state index contributed by atoms with van der Waals surface area (Å²) in [6.45, 7) is 0. The predicted molar refractivity (Wildman–Crippen MR) is 36.0 cm³/mol. The van der Waals surface area contributed by atoms with Gasteiger partial charge in [0.2, 0.25) is 0 Å². The van der Waals surface area contributed by atoms with Crippen molar-refractivity contribution in [3.63, 3.8) is 0 Å². The molecular weight excluding hydrogens is 168 g/mol. The zero-order chi connectivity index (χ0) is 9.46. The van der Waals surface area contributed by atoms with E-state index in [-0.39, 0.29) is 0 Å². The monoisotopic (exact) mass is 180 g/mol. The molecule has 0 bridgehead atoms. The minimum atomic E-state index is -1.64. The summed E-state index contributed by atoms with van der Waals surface area (Å²) in [5, 5.41) is 53.8. The second-order valence-corrected chi connectivity index (χ2v) is 2.94. The van der Waals surface area contributed by atoms with Crippen molar-refractivity contribution in [1.29, 1.82) is 0 Å². The van der Waals surface area contributed by atoms with Gasteiger partial charge in [0.25, 0.3) is 0 Å². The van der Waals surface area contributed by atoms with Gasteiger partial charge in [-0.15, -0.1) is 0 Å². The van der Waals surface area contributed by atoms with E-state index in [1.807, 2.05) is 0 Å². The quantitative estimate of drug-likeness (QED) is 0.227. The molecule has 0 aromatic carbocycles. The minimum Gasteiger partial charge on any atom is -0.387 e. The van der Waals surface area contributed by atoms with E-state index in [1.165, 1.54) is 0 Å². The molecule has 72 valence electrons. The van der Waals surface area contributed by atoms with E-state index in [1.54, 1.807) is 0 Å². The van der Waals surface area contributed by atoms with Gasteiger partial charge in [0.1, 0.15) is 36.6 Å². The van der Waals surface area contributed by atoms with Crippen LogP contribution in [-0.4, -0.2) is 67.3 Å². The Labute approximate surface area is 68.3 Å². The van der Waals surface area contributed by atoms with Crippen LogP contribution in [0.5, 0.6) is 0 Å². The molecule has 0 radical (unpaired) electrons. The molecule has 0 spiro atoms. The Balaban J connectivity index is 2.76. The summed E-state index contributed by atoms with van der Waals surface area (Å²) in [7, 11) is 0. The minimum absolute atomic E-state index is 1.64. The number of aliphatic hydroxyl groups excluding tert-OH is 6. The molecule has 6 N–H and O–H groups in total. The average molecular weight is 180 g/mol. The summed E-state index contributed by atoms with van der Waals surface area (Å²) in [6.07, 6.45) is -9.84. The fourth-order valence-electron chi connectivity index (χ4n) is 1.21. The Morgan fingerprint density at radius 1 is 0.333 bits per heavy atom. The van der Waals surface area contributed by atoms with E-state index in [9.17, 15) is 0 Å². The first-order chi connectivity index (χ1) is 5.46. The number of hydrogen-bond acceptors (Lipinski definition) is 6. The Kier molecular flexibility index (Phi) is 2.67. The molecule has 1 saturated carbocycles. The van der Waals surface area contributed by atoms with Crippen molar-refractivity contribution in [2.24, 2.45) is 0 Å².